The highest BCUT2D eigenvalue weighted by Crippen LogP contribution is 2.22. The average Bonchev–Trinajstić information content (AvgIpc) is 2.39. The molecule has 2 aromatic carbocycles. The summed E-state index contributed by atoms with van der Waals surface area (Å²) in [6, 6.07) is 19.1. The molecule has 0 amide bonds. The van der Waals surface area contributed by atoms with E-state index in [4.69, 9.17) is 4.55 Å². The lowest BCUT2D eigenvalue weighted by atomic mass is 9.94. The van der Waals surface area contributed by atoms with Gasteiger partial charge in [0.1, 0.15) is 0 Å². The standard InChI is InChI=1S/C15H16O3S/c16-19(17,18)12-15(14-9-5-2-6-10-14)11-13-7-3-1-4-8-13/h1-10,15H,11-12H2,(H,16,17,18)/t15-/m1/s1. The van der Waals surface area contributed by atoms with Crippen LogP contribution in [0.1, 0.15) is 17.0 Å². The molecule has 0 aliphatic heterocycles. The van der Waals surface area contributed by atoms with E-state index in [9.17, 15) is 8.42 Å². The Hall–Kier alpha value is -1.65. The van der Waals surface area contributed by atoms with E-state index in [1.165, 1.54) is 0 Å². The molecular formula is C15H16O3S. The largest absolute Gasteiger partial charge is 0.286 e. The first kappa shape index (κ1) is 13.8. The predicted molar refractivity (Wildman–Crippen MR) is 75.7 cm³/mol. The summed E-state index contributed by atoms with van der Waals surface area (Å²) >= 11 is 0. The summed E-state index contributed by atoms with van der Waals surface area (Å²) in [4.78, 5) is 0. The van der Waals surface area contributed by atoms with E-state index >= 15 is 0 Å². The Bertz CT molecular complexity index is 606. The highest BCUT2D eigenvalue weighted by atomic mass is 32.2. The zero-order valence-corrected chi connectivity index (χ0v) is 11.3. The molecule has 3 nitrogen and oxygen atoms in total. The molecular weight excluding hydrogens is 260 g/mol. The highest BCUT2D eigenvalue weighted by molar-refractivity contribution is 7.85. The Morgan fingerprint density at radius 2 is 1.42 bits per heavy atom. The van der Waals surface area contributed by atoms with E-state index in [1.54, 1.807) is 0 Å². The lowest BCUT2D eigenvalue weighted by molar-refractivity contribution is 0.476. The second-order valence-electron chi connectivity index (χ2n) is 4.55. The summed E-state index contributed by atoms with van der Waals surface area (Å²) in [5.74, 6) is -0.495. The Balaban J connectivity index is 2.25. The average molecular weight is 276 g/mol. The second kappa shape index (κ2) is 5.99. The van der Waals surface area contributed by atoms with Crippen LogP contribution < -0.4 is 0 Å². The highest BCUT2D eigenvalue weighted by Gasteiger charge is 2.19. The monoisotopic (exact) mass is 276 g/mol. The van der Waals surface area contributed by atoms with Crippen LogP contribution in [-0.4, -0.2) is 18.7 Å². The second-order valence-corrected chi connectivity index (χ2v) is 6.04. The zero-order valence-electron chi connectivity index (χ0n) is 10.4. The summed E-state index contributed by atoms with van der Waals surface area (Å²) in [7, 11) is -3.99. The van der Waals surface area contributed by atoms with Crippen molar-refractivity contribution in [1.82, 2.24) is 0 Å². The molecule has 1 atom stereocenters. The summed E-state index contributed by atoms with van der Waals surface area (Å²) < 4.78 is 31.4. The van der Waals surface area contributed by atoms with Gasteiger partial charge in [-0.2, -0.15) is 8.42 Å². The van der Waals surface area contributed by atoms with Crippen molar-refractivity contribution in [2.75, 3.05) is 5.75 Å². The van der Waals surface area contributed by atoms with Gasteiger partial charge in [0, 0.05) is 5.92 Å². The van der Waals surface area contributed by atoms with Crippen LogP contribution in [0.2, 0.25) is 0 Å². The van der Waals surface area contributed by atoms with Crippen molar-refractivity contribution in [1.29, 1.82) is 0 Å². The molecule has 0 saturated carbocycles. The Morgan fingerprint density at radius 1 is 0.895 bits per heavy atom. The van der Waals surface area contributed by atoms with E-state index < -0.39 is 10.1 Å². The molecule has 0 bridgehead atoms. The summed E-state index contributed by atoms with van der Waals surface area (Å²) in [6.45, 7) is 0. The molecule has 2 rings (SSSR count). The minimum absolute atomic E-state index is 0.237. The van der Waals surface area contributed by atoms with Gasteiger partial charge in [-0.05, 0) is 17.5 Å². The van der Waals surface area contributed by atoms with Crippen LogP contribution in [0.4, 0.5) is 0 Å². The van der Waals surface area contributed by atoms with Gasteiger partial charge in [-0.15, -0.1) is 0 Å². The Kier molecular flexibility index (Phi) is 4.35. The summed E-state index contributed by atoms with van der Waals surface area (Å²) in [6.07, 6.45) is 0.588. The molecule has 0 spiro atoms. The molecule has 1 N–H and O–H groups in total. The number of hydrogen-bond donors (Lipinski definition) is 1. The fraction of sp³-hybridized carbons (Fsp3) is 0.200. The van der Waals surface area contributed by atoms with Gasteiger partial charge in [0.2, 0.25) is 0 Å². The first-order chi connectivity index (χ1) is 9.04. The Labute approximate surface area is 113 Å². The van der Waals surface area contributed by atoms with Gasteiger partial charge in [-0.3, -0.25) is 4.55 Å². The molecule has 0 saturated heterocycles. The van der Waals surface area contributed by atoms with Crippen LogP contribution in [0.3, 0.4) is 0 Å². The molecule has 2 aromatic rings. The van der Waals surface area contributed by atoms with Crippen molar-refractivity contribution in [2.24, 2.45) is 0 Å². The van der Waals surface area contributed by atoms with Crippen molar-refractivity contribution in [2.45, 2.75) is 12.3 Å². The SMILES string of the molecule is O=S(=O)(O)C[C@@H](Cc1ccccc1)c1ccccc1. The van der Waals surface area contributed by atoms with Gasteiger partial charge >= 0.3 is 0 Å². The summed E-state index contributed by atoms with van der Waals surface area (Å²) in [5.41, 5.74) is 1.98. The maximum atomic E-state index is 11.2. The first-order valence-corrected chi connectivity index (χ1v) is 7.69. The minimum atomic E-state index is -3.99. The van der Waals surface area contributed by atoms with Crippen molar-refractivity contribution >= 4 is 10.1 Å². The molecule has 19 heavy (non-hydrogen) atoms. The molecule has 0 aromatic heterocycles. The molecule has 4 heteroatoms. The van der Waals surface area contributed by atoms with Crippen LogP contribution in [0.5, 0.6) is 0 Å². The lowest BCUT2D eigenvalue weighted by Gasteiger charge is -2.16. The van der Waals surface area contributed by atoms with E-state index in [2.05, 4.69) is 0 Å². The topological polar surface area (TPSA) is 54.4 Å². The van der Waals surface area contributed by atoms with Gasteiger partial charge in [-0.25, -0.2) is 0 Å². The molecule has 0 aliphatic rings. The summed E-state index contributed by atoms with van der Waals surface area (Å²) in [5, 5.41) is 0. The molecule has 0 radical (unpaired) electrons. The van der Waals surface area contributed by atoms with E-state index in [0.29, 0.717) is 6.42 Å². The van der Waals surface area contributed by atoms with E-state index in [1.807, 2.05) is 60.7 Å². The van der Waals surface area contributed by atoms with Crippen molar-refractivity contribution in [3.63, 3.8) is 0 Å². The zero-order chi connectivity index (χ0) is 13.7. The van der Waals surface area contributed by atoms with Gasteiger partial charge in [0.05, 0.1) is 5.75 Å². The maximum Gasteiger partial charge on any atom is 0.265 e. The minimum Gasteiger partial charge on any atom is -0.286 e. The fourth-order valence-electron chi connectivity index (χ4n) is 2.15. The number of benzene rings is 2. The third-order valence-electron chi connectivity index (χ3n) is 3.01. The normalized spacial score (nSPS) is 13.1. The molecule has 0 fully saturated rings. The quantitative estimate of drug-likeness (QED) is 0.854. The van der Waals surface area contributed by atoms with Crippen LogP contribution in [0.15, 0.2) is 60.7 Å². The molecule has 0 unspecified atom stereocenters. The van der Waals surface area contributed by atoms with Crippen molar-refractivity contribution < 1.29 is 13.0 Å². The third kappa shape index (κ3) is 4.50. The van der Waals surface area contributed by atoms with Gasteiger partial charge < -0.3 is 0 Å². The third-order valence-corrected chi connectivity index (χ3v) is 3.83. The van der Waals surface area contributed by atoms with Gasteiger partial charge in [0.25, 0.3) is 10.1 Å². The Morgan fingerprint density at radius 3 is 1.95 bits per heavy atom. The van der Waals surface area contributed by atoms with E-state index in [0.717, 1.165) is 11.1 Å². The van der Waals surface area contributed by atoms with Gasteiger partial charge in [0.15, 0.2) is 0 Å². The number of hydrogen-bond acceptors (Lipinski definition) is 2. The van der Waals surface area contributed by atoms with Crippen LogP contribution >= 0.6 is 0 Å². The maximum absolute atomic E-state index is 11.2. The molecule has 0 heterocycles. The number of rotatable bonds is 5. The van der Waals surface area contributed by atoms with Crippen molar-refractivity contribution in [3.8, 4) is 0 Å². The predicted octanol–water partition coefficient (Wildman–Crippen LogP) is 2.90. The molecule has 0 aliphatic carbocycles. The fourth-order valence-corrected chi connectivity index (χ4v) is 2.97. The van der Waals surface area contributed by atoms with Crippen LogP contribution in [0, 0.1) is 0 Å². The lowest BCUT2D eigenvalue weighted by Crippen LogP contribution is -2.16. The van der Waals surface area contributed by atoms with Crippen LogP contribution in [0.25, 0.3) is 0 Å². The van der Waals surface area contributed by atoms with Crippen molar-refractivity contribution in [3.05, 3.63) is 71.8 Å². The van der Waals surface area contributed by atoms with E-state index in [-0.39, 0.29) is 11.7 Å². The smallest absolute Gasteiger partial charge is 0.265 e. The van der Waals surface area contributed by atoms with Gasteiger partial charge in [-0.1, -0.05) is 60.7 Å². The first-order valence-electron chi connectivity index (χ1n) is 6.08. The molecule has 100 valence electrons. The van der Waals surface area contributed by atoms with Crippen LogP contribution in [-0.2, 0) is 16.5 Å².